The molecule has 1 fully saturated rings. The molecule has 0 saturated carbocycles. The van der Waals surface area contributed by atoms with E-state index in [4.69, 9.17) is 27.9 Å². The van der Waals surface area contributed by atoms with Gasteiger partial charge < -0.3 is 4.74 Å². The van der Waals surface area contributed by atoms with Crippen LogP contribution < -0.4 is 15.2 Å². The molecular weight excluding hydrogens is 431 g/mol. The number of methoxy groups -OCH3 is 1. The summed E-state index contributed by atoms with van der Waals surface area (Å²) in [7, 11) is 1.52. The van der Waals surface area contributed by atoms with E-state index in [1.807, 2.05) is 0 Å². The largest absolute Gasteiger partial charge is 0.496 e. The number of halogens is 3. The fourth-order valence-corrected chi connectivity index (χ4v) is 3.01. The van der Waals surface area contributed by atoms with Crippen molar-refractivity contribution >= 4 is 62.7 Å². The number of amides is 2. The van der Waals surface area contributed by atoms with Crippen molar-refractivity contribution in [3.63, 3.8) is 0 Å². The normalized spacial score (nSPS) is 15.7. The monoisotopic (exact) mass is 440 g/mol. The SMILES string of the molecule is COc1ccc(Br)cc1C=C1C(=O)NN(c2ccc(Cl)c(Cl)c2)C1=O. The minimum Gasteiger partial charge on any atom is -0.496 e. The van der Waals surface area contributed by atoms with Crippen molar-refractivity contribution in [3.8, 4) is 5.75 Å². The van der Waals surface area contributed by atoms with E-state index in [-0.39, 0.29) is 10.6 Å². The number of anilines is 1. The van der Waals surface area contributed by atoms with Gasteiger partial charge in [-0.3, -0.25) is 15.0 Å². The predicted octanol–water partition coefficient (Wildman–Crippen LogP) is 4.23. The van der Waals surface area contributed by atoms with Gasteiger partial charge in [0.2, 0.25) is 0 Å². The first-order valence-corrected chi connectivity index (χ1v) is 8.61. The Morgan fingerprint density at radius 2 is 1.88 bits per heavy atom. The molecule has 0 aromatic heterocycles. The number of ether oxygens (including phenoxy) is 1. The summed E-state index contributed by atoms with van der Waals surface area (Å²) < 4.78 is 6.07. The Hall–Kier alpha value is -2.02. The number of carbonyl (C=O) groups excluding carboxylic acids is 2. The average Bonchev–Trinajstić information content (AvgIpc) is 2.86. The average molecular weight is 442 g/mol. The van der Waals surface area contributed by atoms with Crippen LogP contribution in [0.5, 0.6) is 5.75 Å². The molecular formula is C17H11BrCl2N2O3. The number of benzene rings is 2. The molecule has 0 aliphatic carbocycles. The van der Waals surface area contributed by atoms with Crippen LogP contribution in [-0.2, 0) is 9.59 Å². The highest BCUT2D eigenvalue weighted by Gasteiger charge is 2.34. The van der Waals surface area contributed by atoms with Gasteiger partial charge in [0.25, 0.3) is 11.8 Å². The molecule has 1 aliphatic rings. The van der Waals surface area contributed by atoms with Crippen LogP contribution in [0.2, 0.25) is 10.0 Å². The molecule has 5 nitrogen and oxygen atoms in total. The minimum absolute atomic E-state index is 0.0116. The molecule has 1 aliphatic heterocycles. The summed E-state index contributed by atoms with van der Waals surface area (Å²) in [6.45, 7) is 0. The van der Waals surface area contributed by atoms with Crippen LogP contribution in [0.15, 0.2) is 46.4 Å². The lowest BCUT2D eigenvalue weighted by molar-refractivity contribution is -0.117. The van der Waals surface area contributed by atoms with Crippen LogP contribution in [0, 0.1) is 0 Å². The zero-order valence-corrected chi connectivity index (χ0v) is 15.9. The molecule has 1 heterocycles. The van der Waals surface area contributed by atoms with Gasteiger partial charge in [-0.05, 0) is 42.5 Å². The lowest BCUT2D eigenvalue weighted by Crippen LogP contribution is -2.35. The summed E-state index contributed by atoms with van der Waals surface area (Å²) in [6, 6.07) is 9.95. The van der Waals surface area contributed by atoms with Crippen LogP contribution in [0.3, 0.4) is 0 Å². The van der Waals surface area contributed by atoms with Crippen molar-refractivity contribution in [2.24, 2.45) is 0 Å². The van der Waals surface area contributed by atoms with Gasteiger partial charge in [0.15, 0.2) is 0 Å². The highest BCUT2D eigenvalue weighted by Crippen LogP contribution is 2.30. The first-order valence-electron chi connectivity index (χ1n) is 7.06. The van der Waals surface area contributed by atoms with E-state index in [1.54, 1.807) is 30.3 Å². The number of rotatable bonds is 3. The van der Waals surface area contributed by atoms with Gasteiger partial charge in [-0.1, -0.05) is 39.1 Å². The molecule has 0 spiro atoms. The van der Waals surface area contributed by atoms with Crippen LogP contribution in [0.4, 0.5) is 5.69 Å². The maximum absolute atomic E-state index is 12.6. The molecule has 25 heavy (non-hydrogen) atoms. The third kappa shape index (κ3) is 3.51. The number of hydrogen-bond acceptors (Lipinski definition) is 3. The molecule has 0 unspecified atom stereocenters. The van der Waals surface area contributed by atoms with Gasteiger partial charge >= 0.3 is 0 Å². The second kappa shape index (κ2) is 7.07. The van der Waals surface area contributed by atoms with Gasteiger partial charge in [0.1, 0.15) is 11.3 Å². The number of nitrogens with zero attached hydrogens (tertiary/aromatic N) is 1. The summed E-state index contributed by atoms with van der Waals surface area (Å²) in [5, 5.41) is 1.77. The van der Waals surface area contributed by atoms with Gasteiger partial charge in [-0.2, -0.15) is 0 Å². The molecule has 2 amide bonds. The Labute approximate surface area is 162 Å². The van der Waals surface area contributed by atoms with Crippen molar-refractivity contribution in [3.05, 3.63) is 62.1 Å². The molecule has 0 radical (unpaired) electrons. The summed E-state index contributed by atoms with van der Waals surface area (Å²) in [5.74, 6) is -0.465. The molecule has 0 atom stereocenters. The molecule has 2 aromatic carbocycles. The van der Waals surface area contributed by atoms with Crippen molar-refractivity contribution in [2.75, 3.05) is 12.1 Å². The first-order chi connectivity index (χ1) is 11.9. The van der Waals surface area contributed by atoms with Gasteiger partial charge in [0.05, 0.1) is 22.8 Å². The van der Waals surface area contributed by atoms with Crippen molar-refractivity contribution in [2.45, 2.75) is 0 Å². The maximum Gasteiger partial charge on any atom is 0.282 e. The fraction of sp³-hybridized carbons (Fsp3) is 0.0588. The van der Waals surface area contributed by atoms with E-state index in [1.165, 1.54) is 19.3 Å². The standard InChI is InChI=1S/C17H11BrCl2N2O3/c1-25-15-5-2-10(18)6-9(15)7-12-16(23)21-22(17(12)24)11-3-4-13(19)14(20)8-11/h2-8H,1H3,(H,21,23). The van der Waals surface area contributed by atoms with Gasteiger partial charge in [0, 0.05) is 10.0 Å². The molecule has 8 heteroatoms. The van der Waals surface area contributed by atoms with E-state index < -0.39 is 11.8 Å². The number of nitrogens with one attached hydrogen (secondary N) is 1. The summed E-state index contributed by atoms with van der Waals surface area (Å²) in [4.78, 5) is 24.9. The molecule has 0 bridgehead atoms. The molecule has 1 N–H and O–H groups in total. The zero-order valence-electron chi connectivity index (χ0n) is 12.8. The van der Waals surface area contributed by atoms with E-state index in [9.17, 15) is 9.59 Å². The Morgan fingerprint density at radius 1 is 1.12 bits per heavy atom. The molecule has 128 valence electrons. The topological polar surface area (TPSA) is 58.6 Å². The Balaban J connectivity index is 1.99. The lowest BCUT2D eigenvalue weighted by atomic mass is 10.1. The number of carbonyl (C=O) groups is 2. The van der Waals surface area contributed by atoms with Crippen LogP contribution in [0.25, 0.3) is 6.08 Å². The minimum atomic E-state index is -0.516. The second-order valence-electron chi connectivity index (χ2n) is 5.12. The first kappa shape index (κ1) is 17.8. The molecule has 2 aromatic rings. The Bertz CT molecular complexity index is 915. The summed E-state index contributed by atoms with van der Waals surface area (Å²) >= 11 is 15.2. The highest BCUT2D eigenvalue weighted by molar-refractivity contribution is 9.10. The number of hydrazine groups is 1. The van der Waals surface area contributed by atoms with Gasteiger partial charge in [-0.15, -0.1) is 0 Å². The summed E-state index contributed by atoms with van der Waals surface area (Å²) in [6.07, 6.45) is 1.48. The quantitative estimate of drug-likeness (QED) is 0.572. The maximum atomic E-state index is 12.6. The van der Waals surface area contributed by atoms with Crippen molar-refractivity contribution in [1.29, 1.82) is 0 Å². The fourth-order valence-electron chi connectivity index (χ4n) is 2.34. The zero-order chi connectivity index (χ0) is 18.1. The van der Waals surface area contributed by atoms with Crippen LogP contribution in [-0.4, -0.2) is 18.9 Å². The Kier molecular flexibility index (Phi) is 5.03. The Morgan fingerprint density at radius 3 is 2.56 bits per heavy atom. The third-order valence-corrected chi connectivity index (χ3v) is 4.78. The van der Waals surface area contributed by atoms with Crippen molar-refractivity contribution < 1.29 is 14.3 Å². The predicted molar refractivity (Wildman–Crippen MR) is 101 cm³/mol. The van der Waals surface area contributed by atoms with E-state index >= 15 is 0 Å². The van der Waals surface area contributed by atoms with Gasteiger partial charge in [-0.25, -0.2) is 5.01 Å². The van der Waals surface area contributed by atoms with E-state index in [0.717, 1.165) is 9.48 Å². The lowest BCUT2D eigenvalue weighted by Gasteiger charge is -2.15. The number of hydrogen-bond donors (Lipinski definition) is 1. The third-order valence-electron chi connectivity index (χ3n) is 3.54. The van der Waals surface area contributed by atoms with Crippen LogP contribution in [0.1, 0.15) is 5.56 Å². The van der Waals surface area contributed by atoms with E-state index in [0.29, 0.717) is 22.0 Å². The second-order valence-corrected chi connectivity index (χ2v) is 6.85. The molecule has 3 rings (SSSR count). The van der Waals surface area contributed by atoms with E-state index in [2.05, 4.69) is 21.4 Å². The van der Waals surface area contributed by atoms with Crippen LogP contribution >= 0.6 is 39.1 Å². The summed E-state index contributed by atoms with van der Waals surface area (Å²) in [5.41, 5.74) is 3.52. The highest BCUT2D eigenvalue weighted by atomic mass is 79.9. The molecule has 1 saturated heterocycles. The smallest absolute Gasteiger partial charge is 0.282 e. The van der Waals surface area contributed by atoms with Crippen molar-refractivity contribution in [1.82, 2.24) is 5.43 Å².